The van der Waals surface area contributed by atoms with Crippen LogP contribution >= 0.6 is 0 Å². The number of carbonyl (C=O) groups excluding carboxylic acids is 1. The Morgan fingerprint density at radius 1 is 1.00 bits per heavy atom. The molecule has 2 amide bonds. The molecule has 0 fully saturated rings. The highest BCUT2D eigenvalue weighted by Crippen LogP contribution is 2.20. The van der Waals surface area contributed by atoms with E-state index in [9.17, 15) is 4.79 Å². The minimum atomic E-state index is -2.62. The zero-order valence-electron chi connectivity index (χ0n) is 14.4. The summed E-state index contributed by atoms with van der Waals surface area (Å²) >= 11 is 0. The summed E-state index contributed by atoms with van der Waals surface area (Å²) in [4.78, 5) is 11.6. The van der Waals surface area contributed by atoms with Crippen molar-refractivity contribution in [3.63, 3.8) is 0 Å². The molecule has 0 aliphatic carbocycles. The Morgan fingerprint density at radius 3 is 1.71 bits per heavy atom. The van der Waals surface area contributed by atoms with E-state index in [-0.39, 0.29) is 6.03 Å². The fraction of sp³-hybridized carbons (Fsp3) is 0.923. The second-order valence-corrected chi connectivity index (χ2v) is 13.4. The molecule has 0 spiro atoms. The average Bonchev–Trinajstić information content (AvgIpc) is 2.33. The van der Waals surface area contributed by atoms with E-state index in [2.05, 4.69) is 19.6 Å². The first-order valence-corrected chi connectivity index (χ1v) is 13.1. The summed E-state index contributed by atoms with van der Waals surface area (Å²) in [6, 6.07) is 0.363. The molecular weight excluding hydrogens is 304 g/mol. The van der Waals surface area contributed by atoms with Gasteiger partial charge in [0, 0.05) is 32.4 Å². The van der Waals surface area contributed by atoms with Gasteiger partial charge in [-0.15, -0.1) is 0 Å². The molecular formula is C13H32N2O4Si2. The third-order valence-corrected chi connectivity index (χ3v) is 8.25. The SMILES string of the molecule is CCO[Si](CCCN(C(N)=O)[Si](C)(C)C)(OCC)OCC. The van der Waals surface area contributed by atoms with Crippen LogP contribution < -0.4 is 5.73 Å². The van der Waals surface area contributed by atoms with Crippen LogP contribution in [0.1, 0.15) is 27.2 Å². The largest absolute Gasteiger partial charge is 0.500 e. The van der Waals surface area contributed by atoms with Gasteiger partial charge in [-0.05, 0) is 27.2 Å². The molecule has 0 aromatic heterocycles. The van der Waals surface area contributed by atoms with Crippen LogP contribution in [0.15, 0.2) is 0 Å². The molecule has 8 heteroatoms. The molecule has 2 N–H and O–H groups in total. The van der Waals surface area contributed by atoms with Gasteiger partial charge < -0.3 is 23.6 Å². The van der Waals surface area contributed by atoms with Gasteiger partial charge in [-0.2, -0.15) is 0 Å². The molecule has 0 aromatic rings. The minimum absolute atomic E-state index is 0.342. The van der Waals surface area contributed by atoms with Crippen molar-refractivity contribution in [2.45, 2.75) is 52.9 Å². The van der Waals surface area contributed by atoms with E-state index < -0.39 is 17.0 Å². The molecule has 0 saturated heterocycles. The molecule has 0 saturated carbocycles. The van der Waals surface area contributed by atoms with Crippen LogP contribution in [-0.4, -0.2) is 54.0 Å². The van der Waals surface area contributed by atoms with Crippen LogP contribution in [0.4, 0.5) is 4.79 Å². The van der Waals surface area contributed by atoms with Crippen LogP contribution in [-0.2, 0) is 13.3 Å². The number of nitrogens with two attached hydrogens (primary N) is 1. The van der Waals surface area contributed by atoms with Gasteiger partial charge in [-0.3, -0.25) is 0 Å². The molecule has 0 aromatic carbocycles. The number of rotatable bonds is 11. The molecule has 0 aliphatic heterocycles. The molecule has 126 valence electrons. The maximum absolute atomic E-state index is 11.6. The van der Waals surface area contributed by atoms with Crippen LogP contribution in [0.5, 0.6) is 0 Å². The Morgan fingerprint density at radius 2 is 1.43 bits per heavy atom. The molecule has 6 nitrogen and oxygen atoms in total. The summed E-state index contributed by atoms with van der Waals surface area (Å²) in [5.41, 5.74) is 5.49. The Kier molecular flexibility index (Phi) is 9.38. The highest BCUT2D eigenvalue weighted by molar-refractivity contribution is 6.75. The Hall–Kier alpha value is -0.416. The number of hydrogen-bond donors (Lipinski definition) is 1. The van der Waals surface area contributed by atoms with Crippen molar-refractivity contribution in [3.8, 4) is 0 Å². The predicted octanol–water partition coefficient (Wildman–Crippen LogP) is 2.64. The van der Waals surface area contributed by atoms with E-state index in [0.717, 1.165) is 6.42 Å². The lowest BCUT2D eigenvalue weighted by Crippen LogP contribution is -2.53. The van der Waals surface area contributed by atoms with Gasteiger partial charge in [-0.25, -0.2) is 4.79 Å². The van der Waals surface area contributed by atoms with Crippen LogP contribution in [0.2, 0.25) is 25.7 Å². The van der Waals surface area contributed by atoms with E-state index in [1.54, 1.807) is 4.57 Å². The van der Waals surface area contributed by atoms with E-state index in [4.69, 9.17) is 19.0 Å². The van der Waals surface area contributed by atoms with Crippen molar-refractivity contribution >= 4 is 23.1 Å². The highest BCUT2D eigenvalue weighted by Gasteiger charge is 2.40. The Balaban J connectivity index is 4.69. The Bertz CT molecular complexity index is 294. The van der Waals surface area contributed by atoms with Gasteiger partial charge in [0.1, 0.15) is 0 Å². The maximum atomic E-state index is 11.6. The predicted molar refractivity (Wildman–Crippen MR) is 89.7 cm³/mol. The molecule has 0 heterocycles. The molecule has 0 radical (unpaired) electrons. The summed E-state index contributed by atoms with van der Waals surface area (Å²) in [6.45, 7) is 14.5. The van der Waals surface area contributed by atoms with Crippen LogP contribution in [0.3, 0.4) is 0 Å². The monoisotopic (exact) mass is 336 g/mol. The van der Waals surface area contributed by atoms with Crippen LogP contribution in [0, 0.1) is 0 Å². The van der Waals surface area contributed by atoms with Crippen molar-refractivity contribution in [2.75, 3.05) is 26.4 Å². The van der Waals surface area contributed by atoms with E-state index in [1.807, 2.05) is 20.8 Å². The lowest BCUT2D eigenvalue weighted by Gasteiger charge is -2.34. The second kappa shape index (κ2) is 9.57. The number of primary amides is 1. The molecule has 0 bridgehead atoms. The van der Waals surface area contributed by atoms with Gasteiger partial charge in [0.2, 0.25) is 0 Å². The van der Waals surface area contributed by atoms with E-state index in [0.29, 0.717) is 32.4 Å². The van der Waals surface area contributed by atoms with Gasteiger partial charge >= 0.3 is 14.8 Å². The summed E-state index contributed by atoms with van der Waals surface area (Å²) in [5, 5.41) is 0. The molecule has 0 aliphatic rings. The third kappa shape index (κ3) is 7.41. The summed E-state index contributed by atoms with van der Waals surface area (Å²) in [5.74, 6) is 0. The fourth-order valence-electron chi connectivity index (χ4n) is 2.23. The van der Waals surface area contributed by atoms with E-state index in [1.165, 1.54) is 0 Å². The second-order valence-electron chi connectivity index (χ2n) is 5.75. The van der Waals surface area contributed by atoms with Gasteiger partial charge in [0.05, 0.1) is 0 Å². The standard InChI is InChI=1S/C13H32N2O4Si2/c1-7-17-21(18-8-2,19-9-3)12-10-11-15(13(14)16)20(4,5)6/h7-12H2,1-6H3,(H2,14,16). The molecule has 0 unspecified atom stereocenters. The first-order valence-electron chi connectivity index (χ1n) is 7.71. The minimum Gasteiger partial charge on any atom is -0.374 e. The maximum Gasteiger partial charge on any atom is 0.500 e. The first kappa shape index (κ1) is 20.6. The fourth-order valence-corrected chi connectivity index (χ4v) is 6.31. The Labute approximate surface area is 131 Å². The normalized spacial score (nSPS) is 12.5. The summed E-state index contributed by atoms with van der Waals surface area (Å²) in [7, 11) is -4.37. The van der Waals surface area contributed by atoms with Crippen molar-refractivity contribution in [1.82, 2.24) is 4.57 Å². The number of carbonyl (C=O) groups is 1. The zero-order valence-corrected chi connectivity index (χ0v) is 16.4. The topological polar surface area (TPSA) is 74.0 Å². The van der Waals surface area contributed by atoms with Crippen molar-refractivity contribution in [3.05, 3.63) is 0 Å². The zero-order chi connectivity index (χ0) is 16.5. The van der Waals surface area contributed by atoms with Crippen molar-refractivity contribution in [1.29, 1.82) is 0 Å². The first-order chi connectivity index (χ1) is 9.72. The molecule has 0 atom stereocenters. The highest BCUT2D eigenvalue weighted by atomic mass is 28.4. The van der Waals surface area contributed by atoms with E-state index >= 15 is 0 Å². The van der Waals surface area contributed by atoms with Gasteiger partial charge in [0.15, 0.2) is 8.24 Å². The number of hydrogen-bond acceptors (Lipinski definition) is 4. The van der Waals surface area contributed by atoms with Gasteiger partial charge in [0.25, 0.3) is 0 Å². The van der Waals surface area contributed by atoms with Gasteiger partial charge in [-0.1, -0.05) is 19.6 Å². The third-order valence-electron chi connectivity index (χ3n) is 3.03. The molecule has 21 heavy (non-hydrogen) atoms. The number of urea groups is 1. The number of nitrogens with zero attached hydrogens (tertiary/aromatic N) is 1. The smallest absolute Gasteiger partial charge is 0.374 e. The van der Waals surface area contributed by atoms with Crippen LogP contribution in [0.25, 0.3) is 0 Å². The summed E-state index contributed by atoms with van der Waals surface area (Å²) in [6.07, 6.45) is 0.777. The lowest BCUT2D eigenvalue weighted by molar-refractivity contribution is 0.0705. The average molecular weight is 337 g/mol. The quantitative estimate of drug-likeness (QED) is 0.589. The van der Waals surface area contributed by atoms with Crippen molar-refractivity contribution < 1.29 is 18.1 Å². The lowest BCUT2D eigenvalue weighted by atomic mass is 10.5. The summed E-state index contributed by atoms with van der Waals surface area (Å²) < 4.78 is 19.2. The molecule has 0 rings (SSSR count). The number of amides is 2. The van der Waals surface area contributed by atoms with Crippen molar-refractivity contribution in [2.24, 2.45) is 5.73 Å².